The Morgan fingerprint density at radius 1 is 1.15 bits per heavy atom. The van der Waals surface area contributed by atoms with Gasteiger partial charge in [-0.3, -0.25) is 14.7 Å². The zero-order valence-corrected chi connectivity index (χ0v) is 15.4. The molecule has 0 saturated carbocycles. The highest BCUT2D eigenvalue weighted by molar-refractivity contribution is 5.94. The topological polar surface area (TPSA) is 54.5 Å². The molecule has 5 nitrogen and oxygen atoms in total. The number of nitrogens with zero attached hydrogens (tertiary/aromatic N) is 2. The van der Waals surface area contributed by atoms with Crippen molar-refractivity contribution in [1.82, 2.24) is 15.2 Å². The van der Waals surface area contributed by atoms with Crippen molar-refractivity contribution in [2.75, 3.05) is 26.8 Å². The van der Waals surface area contributed by atoms with Crippen molar-refractivity contribution in [3.8, 4) is 0 Å². The van der Waals surface area contributed by atoms with Crippen LogP contribution in [0.1, 0.15) is 35.2 Å². The van der Waals surface area contributed by atoms with E-state index in [0.29, 0.717) is 12.2 Å². The second kappa shape index (κ2) is 8.92. The minimum absolute atomic E-state index is 0.00397. The third kappa shape index (κ3) is 4.90. The highest BCUT2D eigenvalue weighted by atomic mass is 16.5. The Bertz CT molecular complexity index is 683. The molecular weight excluding hydrogens is 326 g/mol. The monoisotopic (exact) mass is 353 g/mol. The van der Waals surface area contributed by atoms with Gasteiger partial charge in [0.05, 0.1) is 0 Å². The smallest absolute Gasteiger partial charge is 0.251 e. The van der Waals surface area contributed by atoms with Gasteiger partial charge in [0.25, 0.3) is 5.91 Å². The largest absolute Gasteiger partial charge is 0.385 e. The first-order valence-corrected chi connectivity index (χ1v) is 9.19. The molecule has 2 heterocycles. The Kier molecular flexibility index (Phi) is 6.36. The normalized spacial score (nSPS) is 17.0. The van der Waals surface area contributed by atoms with Crippen LogP contribution in [0.3, 0.4) is 0 Å². The predicted molar refractivity (Wildman–Crippen MR) is 102 cm³/mol. The Balaban J connectivity index is 1.62. The number of carbonyl (C=O) groups is 1. The van der Waals surface area contributed by atoms with Gasteiger partial charge in [0.15, 0.2) is 0 Å². The van der Waals surface area contributed by atoms with Crippen molar-refractivity contribution >= 4 is 5.91 Å². The molecule has 5 heteroatoms. The first kappa shape index (κ1) is 18.5. The van der Waals surface area contributed by atoms with Gasteiger partial charge >= 0.3 is 0 Å². The summed E-state index contributed by atoms with van der Waals surface area (Å²) in [4.78, 5) is 19.2. The van der Waals surface area contributed by atoms with Crippen LogP contribution in [0.4, 0.5) is 0 Å². The molecule has 1 aliphatic rings. The standard InChI is InChI=1S/C21H27N3O2/c1-26-16-11-21(23-20(25)19-5-3-2-4-6-19)9-14-24(15-10-21)17-18-7-12-22-13-8-18/h2-8,12-13H,9-11,14-17H2,1H3,(H,23,25). The lowest BCUT2D eigenvalue weighted by Crippen LogP contribution is -2.55. The lowest BCUT2D eigenvalue weighted by molar-refractivity contribution is 0.0691. The van der Waals surface area contributed by atoms with E-state index in [4.69, 9.17) is 4.74 Å². The fourth-order valence-electron chi connectivity index (χ4n) is 3.52. The number of methoxy groups -OCH3 is 1. The molecule has 138 valence electrons. The van der Waals surface area contributed by atoms with Crippen molar-refractivity contribution in [3.05, 3.63) is 66.0 Å². The van der Waals surface area contributed by atoms with Gasteiger partial charge in [-0.25, -0.2) is 0 Å². The average molecular weight is 353 g/mol. The quantitative estimate of drug-likeness (QED) is 0.832. The predicted octanol–water partition coefficient (Wildman–Crippen LogP) is 2.88. The number of aromatic nitrogens is 1. The van der Waals surface area contributed by atoms with Crippen LogP contribution >= 0.6 is 0 Å². The maximum Gasteiger partial charge on any atom is 0.251 e. The van der Waals surface area contributed by atoms with E-state index in [0.717, 1.165) is 38.9 Å². The summed E-state index contributed by atoms with van der Waals surface area (Å²) in [5.41, 5.74) is 1.79. The summed E-state index contributed by atoms with van der Waals surface area (Å²) in [5, 5.41) is 3.31. The summed E-state index contributed by atoms with van der Waals surface area (Å²) < 4.78 is 5.31. The molecule has 1 aromatic heterocycles. The maximum absolute atomic E-state index is 12.7. The fraction of sp³-hybridized carbons (Fsp3) is 0.429. The average Bonchev–Trinajstić information content (AvgIpc) is 2.70. The van der Waals surface area contributed by atoms with Gasteiger partial charge in [-0.1, -0.05) is 18.2 Å². The lowest BCUT2D eigenvalue weighted by Gasteiger charge is -2.42. The van der Waals surface area contributed by atoms with E-state index in [2.05, 4.69) is 27.3 Å². The van der Waals surface area contributed by atoms with Gasteiger partial charge in [0, 0.05) is 56.8 Å². The molecule has 2 aromatic rings. The van der Waals surface area contributed by atoms with Gasteiger partial charge in [0.2, 0.25) is 0 Å². The van der Waals surface area contributed by atoms with Crippen LogP contribution in [-0.2, 0) is 11.3 Å². The van der Waals surface area contributed by atoms with Gasteiger partial charge in [-0.05, 0) is 49.1 Å². The SMILES string of the molecule is COCCC1(NC(=O)c2ccccc2)CCN(Cc2ccncc2)CC1. The zero-order valence-electron chi connectivity index (χ0n) is 15.4. The fourth-order valence-corrected chi connectivity index (χ4v) is 3.52. The van der Waals surface area contributed by atoms with Crippen LogP contribution in [0.5, 0.6) is 0 Å². The first-order valence-electron chi connectivity index (χ1n) is 9.19. The molecule has 26 heavy (non-hydrogen) atoms. The molecule has 0 atom stereocenters. The molecule has 1 saturated heterocycles. The molecule has 1 fully saturated rings. The number of hydrogen-bond acceptors (Lipinski definition) is 4. The second-order valence-electron chi connectivity index (χ2n) is 6.97. The number of ether oxygens (including phenoxy) is 1. The van der Waals surface area contributed by atoms with Crippen molar-refractivity contribution in [2.45, 2.75) is 31.3 Å². The number of hydrogen-bond donors (Lipinski definition) is 1. The molecule has 0 bridgehead atoms. The molecule has 3 rings (SSSR count). The van der Waals surface area contributed by atoms with Crippen LogP contribution in [0.25, 0.3) is 0 Å². The van der Waals surface area contributed by atoms with Gasteiger partial charge in [-0.15, -0.1) is 0 Å². The van der Waals surface area contributed by atoms with Crippen LogP contribution in [0, 0.1) is 0 Å². The summed E-state index contributed by atoms with van der Waals surface area (Å²) >= 11 is 0. The molecular formula is C21H27N3O2. The van der Waals surface area contributed by atoms with Crippen molar-refractivity contribution in [2.24, 2.45) is 0 Å². The number of carbonyl (C=O) groups excluding carboxylic acids is 1. The number of benzene rings is 1. The summed E-state index contributed by atoms with van der Waals surface area (Å²) in [6.07, 6.45) is 6.37. The number of pyridine rings is 1. The van der Waals surface area contributed by atoms with Crippen molar-refractivity contribution in [3.63, 3.8) is 0 Å². The second-order valence-corrected chi connectivity index (χ2v) is 6.97. The Morgan fingerprint density at radius 3 is 2.50 bits per heavy atom. The minimum Gasteiger partial charge on any atom is -0.385 e. The molecule has 1 aliphatic heterocycles. The third-order valence-corrected chi connectivity index (χ3v) is 5.17. The van der Waals surface area contributed by atoms with Crippen LogP contribution in [-0.4, -0.2) is 48.1 Å². The summed E-state index contributed by atoms with van der Waals surface area (Å²) in [6.45, 7) is 3.50. The molecule has 1 N–H and O–H groups in total. The van der Waals surface area contributed by atoms with E-state index in [1.54, 1.807) is 7.11 Å². The van der Waals surface area contributed by atoms with Gasteiger partial charge in [-0.2, -0.15) is 0 Å². The number of rotatable bonds is 7. The van der Waals surface area contributed by atoms with E-state index >= 15 is 0 Å². The van der Waals surface area contributed by atoms with E-state index in [1.807, 2.05) is 42.7 Å². The summed E-state index contributed by atoms with van der Waals surface area (Å²) in [5.74, 6) is 0.00397. The van der Waals surface area contributed by atoms with Crippen molar-refractivity contribution in [1.29, 1.82) is 0 Å². The molecule has 0 unspecified atom stereocenters. The minimum atomic E-state index is -0.197. The molecule has 1 amide bonds. The molecule has 1 aromatic carbocycles. The molecule has 0 spiro atoms. The van der Waals surface area contributed by atoms with Crippen LogP contribution < -0.4 is 5.32 Å². The summed E-state index contributed by atoms with van der Waals surface area (Å²) in [7, 11) is 1.71. The molecule has 0 aliphatic carbocycles. The van der Waals surface area contributed by atoms with E-state index in [1.165, 1.54) is 5.56 Å². The van der Waals surface area contributed by atoms with Gasteiger partial charge in [0.1, 0.15) is 0 Å². The molecule has 0 radical (unpaired) electrons. The van der Waals surface area contributed by atoms with E-state index < -0.39 is 0 Å². The van der Waals surface area contributed by atoms with Gasteiger partial charge < -0.3 is 10.1 Å². The Labute approximate surface area is 155 Å². The number of piperidine rings is 1. The number of likely N-dealkylation sites (tertiary alicyclic amines) is 1. The summed E-state index contributed by atoms with van der Waals surface area (Å²) in [6, 6.07) is 13.6. The Morgan fingerprint density at radius 2 is 1.85 bits per heavy atom. The third-order valence-electron chi connectivity index (χ3n) is 5.17. The number of amides is 1. The van der Waals surface area contributed by atoms with Crippen LogP contribution in [0.2, 0.25) is 0 Å². The zero-order chi connectivity index (χ0) is 18.2. The Hall–Kier alpha value is -2.24. The number of nitrogens with one attached hydrogen (secondary N) is 1. The highest BCUT2D eigenvalue weighted by Crippen LogP contribution is 2.27. The van der Waals surface area contributed by atoms with E-state index in [-0.39, 0.29) is 11.4 Å². The lowest BCUT2D eigenvalue weighted by atomic mass is 9.84. The highest BCUT2D eigenvalue weighted by Gasteiger charge is 2.35. The van der Waals surface area contributed by atoms with E-state index in [9.17, 15) is 4.79 Å². The van der Waals surface area contributed by atoms with Crippen molar-refractivity contribution < 1.29 is 9.53 Å². The van der Waals surface area contributed by atoms with Crippen LogP contribution in [0.15, 0.2) is 54.9 Å². The maximum atomic E-state index is 12.7. The first-order chi connectivity index (χ1) is 12.7.